The molecule has 0 fully saturated rings. The second-order valence-electron chi connectivity index (χ2n) is 4.33. The van der Waals surface area contributed by atoms with Crippen molar-refractivity contribution < 1.29 is 17.9 Å². The zero-order valence-electron chi connectivity index (χ0n) is 11.0. The second-order valence-corrected chi connectivity index (χ2v) is 6.90. The van der Waals surface area contributed by atoms with Gasteiger partial charge in [-0.15, -0.1) is 0 Å². The summed E-state index contributed by atoms with van der Waals surface area (Å²) in [5.41, 5.74) is 0.716. The quantitative estimate of drug-likeness (QED) is 0.861. The molecule has 2 N–H and O–H groups in total. The number of benzene rings is 1. The van der Waals surface area contributed by atoms with Gasteiger partial charge in [-0.05, 0) is 52.2 Å². The fourth-order valence-corrected chi connectivity index (χ4v) is 3.51. The van der Waals surface area contributed by atoms with Gasteiger partial charge >= 0.3 is 0 Å². The Bertz CT molecular complexity index is 781. The van der Waals surface area contributed by atoms with Crippen LogP contribution in [0, 0.1) is 12.7 Å². The van der Waals surface area contributed by atoms with Gasteiger partial charge in [-0.3, -0.25) is 4.72 Å². The summed E-state index contributed by atoms with van der Waals surface area (Å²) in [5, 5.41) is 9.19. The van der Waals surface area contributed by atoms with Crippen LogP contribution in [-0.2, 0) is 16.6 Å². The number of aryl methyl sites for hydroxylation is 1. The fraction of sp³-hybridized carbons (Fsp3) is 0.154. The number of nitrogens with one attached hydrogen (secondary N) is 1. The number of rotatable bonds is 4. The molecule has 0 bridgehead atoms. The molecule has 2 aromatic rings. The number of aliphatic hydroxyl groups is 1. The molecule has 8 heteroatoms. The molecular weight excluding hydrogens is 363 g/mol. The lowest BCUT2D eigenvalue weighted by Gasteiger charge is -2.12. The van der Waals surface area contributed by atoms with Crippen LogP contribution in [0.3, 0.4) is 0 Å². The normalized spacial score (nSPS) is 11.4. The molecule has 0 atom stereocenters. The van der Waals surface area contributed by atoms with Crippen molar-refractivity contribution in [3.63, 3.8) is 0 Å². The zero-order chi connectivity index (χ0) is 15.6. The molecule has 2 rings (SSSR count). The van der Waals surface area contributed by atoms with Crippen LogP contribution in [0.1, 0.15) is 11.1 Å². The van der Waals surface area contributed by atoms with Crippen LogP contribution in [0.2, 0.25) is 0 Å². The van der Waals surface area contributed by atoms with Gasteiger partial charge in [0, 0.05) is 10.7 Å². The van der Waals surface area contributed by atoms with Crippen molar-refractivity contribution in [2.75, 3.05) is 4.72 Å². The first-order valence-electron chi connectivity index (χ1n) is 5.88. The number of hydrogen-bond donors (Lipinski definition) is 2. The van der Waals surface area contributed by atoms with E-state index in [1.54, 1.807) is 13.0 Å². The van der Waals surface area contributed by atoms with E-state index in [2.05, 4.69) is 25.6 Å². The molecule has 1 aromatic heterocycles. The molecule has 0 aliphatic heterocycles. The summed E-state index contributed by atoms with van der Waals surface area (Å²) in [4.78, 5) is 3.66. The van der Waals surface area contributed by atoms with E-state index < -0.39 is 22.4 Å². The van der Waals surface area contributed by atoms with Crippen molar-refractivity contribution in [1.82, 2.24) is 4.98 Å². The first-order valence-corrected chi connectivity index (χ1v) is 8.15. The van der Waals surface area contributed by atoms with Gasteiger partial charge in [0.25, 0.3) is 10.0 Å². The Balaban J connectivity index is 2.45. The molecule has 21 heavy (non-hydrogen) atoms. The van der Waals surface area contributed by atoms with E-state index in [1.807, 2.05) is 0 Å². The van der Waals surface area contributed by atoms with Crippen LogP contribution in [0.4, 0.5) is 10.2 Å². The van der Waals surface area contributed by atoms with Gasteiger partial charge in [0.2, 0.25) is 0 Å². The third kappa shape index (κ3) is 3.58. The van der Waals surface area contributed by atoms with Gasteiger partial charge in [-0.1, -0.05) is 6.07 Å². The van der Waals surface area contributed by atoms with Crippen LogP contribution in [0.25, 0.3) is 0 Å². The number of halogens is 2. The highest BCUT2D eigenvalue weighted by molar-refractivity contribution is 9.10. The van der Waals surface area contributed by atoms with E-state index in [1.165, 1.54) is 12.3 Å². The zero-order valence-corrected chi connectivity index (χ0v) is 13.4. The number of aliphatic hydroxyl groups excluding tert-OH is 1. The minimum Gasteiger partial charge on any atom is -0.392 e. The summed E-state index contributed by atoms with van der Waals surface area (Å²) < 4.78 is 41.0. The number of aromatic nitrogens is 1. The van der Waals surface area contributed by atoms with E-state index in [-0.39, 0.29) is 16.3 Å². The molecule has 1 heterocycles. The lowest BCUT2D eigenvalue weighted by atomic mass is 10.2. The number of pyridine rings is 1. The molecule has 0 aliphatic rings. The molecule has 0 radical (unpaired) electrons. The Labute approximate surface area is 130 Å². The smallest absolute Gasteiger partial charge is 0.263 e. The molecule has 0 unspecified atom stereocenters. The number of anilines is 1. The molecule has 0 aliphatic carbocycles. The van der Waals surface area contributed by atoms with Crippen molar-refractivity contribution in [2.24, 2.45) is 0 Å². The maximum atomic E-state index is 13.3. The first-order chi connectivity index (χ1) is 9.83. The van der Waals surface area contributed by atoms with Crippen LogP contribution in [-0.4, -0.2) is 18.5 Å². The van der Waals surface area contributed by atoms with Crippen molar-refractivity contribution in [3.05, 3.63) is 51.9 Å². The van der Waals surface area contributed by atoms with Crippen molar-refractivity contribution in [3.8, 4) is 0 Å². The number of sulfonamides is 1. The predicted molar refractivity (Wildman–Crippen MR) is 79.8 cm³/mol. The molecule has 0 amide bonds. The average molecular weight is 375 g/mol. The van der Waals surface area contributed by atoms with E-state index in [0.29, 0.717) is 10.0 Å². The topological polar surface area (TPSA) is 79.3 Å². The van der Waals surface area contributed by atoms with E-state index in [0.717, 1.165) is 12.1 Å². The van der Waals surface area contributed by atoms with Crippen molar-refractivity contribution >= 4 is 31.8 Å². The molecule has 0 saturated carbocycles. The fourth-order valence-electron chi connectivity index (χ4n) is 1.74. The summed E-state index contributed by atoms with van der Waals surface area (Å²) in [6.07, 6.45) is 1.45. The molecular formula is C13H12BrFN2O3S. The molecule has 5 nitrogen and oxygen atoms in total. The summed E-state index contributed by atoms with van der Waals surface area (Å²) in [6, 6.07) is 4.88. The lowest BCUT2D eigenvalue weighted by molar-refractivity contribution is 0.278. The average Bonchev–Trinajstić information content (AvgIpc) is 2.42. The van der Waals surface area contributed by atoms with Crippen molar-refractivity contribution in [2.45, 2.75) is 18.4 Å². The van der Waals surface area contributed by atoms with Gasteiger partial charge in [0.05, 0.1) is 11.5 Å². The van der Waals surface area contributed by atoms with Gasteiger partial charge in [0.1, 0.15) is 11.6 Å². The standard InChI is InChI=1S/C13H12BrFN2O3S/c1-8-4-10(14)6-16-13(8)17-21(19,20)12-5-11(15)3-2-9(12)7-18/h2-6,18H,7H2,1H3,(H,16,17). The summed E-state index contributed by atoms with van der Waals surface area (Å²) in [7, 11) is -4.04. The first kappa shape index (κ1) is 15.9. The maximum Gasteiger partial charge on any atom is 0.263 e. The van der Waals surface area contributed by atoms with Crippen LogP contribution in [0.15, 0.2) is 39.8 Å². The molecule has 1 aromatic carbocycles. The molecule has 0 spiro atoms. The van der Waals surface area contributed by atoms with E-state index in [4.69, 9.17) is 0 Å². The summed E-state index contributed by atoms with van der Waals surface area (Å²) >= 11 is 3.23. The predicted octanol–water partition coefficient (Wildman–Crippen LogP) is 2.58. The van der Waals surface area contributed by atoms with E-state index in [9.17, 15) is 17.9 Å². The SMILES string of the molecule is Cc1cc(Br)cnc1NS(=O)(=O)c1cc(F)ccc1CO. The number of nitrogens with zero attached hydrogens (tertiary/aromatic N) is 1. The lowest BCUT2D eigenvalue weighted by Crippen LogP contribution is -2.17. The van der Waals surface area contributed by atoms with Gasteiger partial charge in [-0.2, -0.15) is 0 Å². The minimum absolute atomic E-state index is 0.110. The minimum atomic E-state index is -4.04. The van der Waals surface area contributed by atoms with Gasteiger partial charge in [0.15, 0.2) is 0 Å². The third-order valence-electron chi connectivity index (χ3n) is 2.77. The Morgan fingerprint density at radius 3 is 2.71 bits per heavy atom. The van der Waals surface area contributed by atoms with Gasteiger partial charge in [-0.25, -0.2) is 17.8 Å². The number of hydrogen-bond acceptors (Lipinski definition) is 4. The van der Waals surface area contributed by atoms with Crippen LogP contribution < -0.4 is 4.72 Å². The Morgan fingerprint density at radius 1 is 1.38 bits per heavy atom. The Morgan fingerprint density at radius 2 is 2.10 bits per heavy atom. The highest BCUT2D eigenvalue weighted by Gasteiger charge is 2.20. The highest BCUT2D eigenvalue weighted by atomic mass is 79.9. The molecule has 112 valence electrons. The Hall–Kier alpha value is -1.51. The van der Waals surface area contributed by atoms with Crippen LogP contribution in [0.5, 0.6) is 0 Å². The molecule has 0 saturated heterocycles. The summed E-state index contributed by atoms with van der Waals surface area (Å²) in [5.74, 6) is -0.556. The monoisotopic (exact) mass is 374 g/mol. The van der Waals surface area contributed by atoms with Crippen molar-refractivity contribution in [1.29, 1.82) is 0 Å². The highest BCUT2D eigenvalue weighted by Crippen LogP contribution is 2.23. The van der Waals surface area contributed by atoms with Crippen LogP contribution >= 0.6 is 15.9 Å². The van der Waals surface area contributed by atoms with E-state index >= 15 is 0 Å². The third-order valence-corrected chi connectivity index (χ3v) is 4.62. The summed E-state index contributed by atoms with van der Waals surface area (Å²) in [6.45, 7) is 1.18. The largest absolute Gasteiger partial charge is 0.392 e. The maximum absolute atomic E-state index is 13.3. The second kappa shape index (κ2) is 6.08. The van der Waals surface area contributed by atoms with Gasteiger partial charge < -0.3 is 5.11 Å². The Kier molecular flexibility index (Phi) is 4.60.